The Balaban J connectivity index is 1.82. The molecule has 2 atom stereocenters. The molecule has 1 aliphatic rings. The standard InChI is InChI=1S/C29H24O5/c1-16-2-6-18(7-3-16)27-24(10-17-4-8-20(30)9-5-17)25-14-23(33)15-26(34)29(25)28(27)19-11-21(31)13-22(32)12-19/h2-15,27-28,30-34H,1H3/b24-10-/t27-,28+/m0/s1. The van der Waals surface area contributed by atoms with E-state index in [4.69, 9.17) is 0 Å². The van der Waals surface area contributed by atoms with Crippen molar-refractivity contribution in [1.82, 2.24) is 0 Å². The van der Waals surface area contributed by atoms with Gasteiger partial charge in [0.15, 0.2) is 0 Å². The molecular formula is C29H24O5. The van der Waals surface area contributed by atoms with Crippen molar-refractivity contribution in [2.45, 2.75) is 18.8 Å². The van der Waals surface area contributed by atoms with Crippen LogP contribution in [0.5, 0.6) is 28.7 Å². The summed E-state index contributed by atoms with van der Waals surface area (Å²) < 4.78 is 0. The van der Waals surface area contributed by atoms with E-state index in [1.54, 1.807) is 42.5 Å². The van der Waals surface area contributed by atoms with Crippen LogP contribution >= 0.6 is 0 Å². The molecule has 34 heavy (non-hydrogen) atoms. The van der Waals surface area contributed by atoms with Crippen LogP contribution in [0, 0.1) is 6.92 Å². The third kappa shape index (κ3) is 3.82. The third-order valence-corrected chi connectivity index (χ3v) is 6.37. The highest BCUT2D eigenvalue weighted by Crippen LogP contribution is 2.58. The average molecular weight is 453 g/mol. The predicted octanol–water partition coefficient (Wildman–Crippen LogP) is 5.99. The lowest BCUT2D eigenvalue weighted by Gasteiger charge is -2.24. The first-order valence-corrected chi connectivity index (χ1v) is 11.0. The van der Waals surface area contributed by atoms with E-state index in [-0.39, 0.29) is 34.7 Å². The topological polar surface area (TPSA) is 101 Å². The van der Waals surface area contributed by atoms with E-state index >= 15 is 0 Å². The van der Waals surface area contributed by atoms with E-state index in [1.165, 1.54) is 12.1 Å². The fourth-order valence-electron chi connectivity index (χ4n) is 4.92. The number of hydrogen-bond donors (Lipinski definition) is 5. The van der Waals surface area contributed by atoms with E-state index in [0.29, 0.717) is 16.7 Å². The molecule has 5 N–H and O–H groups in total. The van der Waals surface area contributed by atoms with Crippen LogP contribution in [0.1, 0.15) is 45.2 Å². The molecule has 0 unspecified atom stereocenters. The average Bonchev–Trinajstić information content (AvgIpc) is 3.09. The molecule has 0 fully saturated rings. The molecule has 0 aliphatic heterocycles. The van der Waals surface area contributed by atoms with Crippen LogP contribution in [0.3, 0.4) is 0 Å². The Kier molecular flexibility index (Phi) is 5.17. The summed E-state index contributed by atoms with van der Waals surface area (Å²) in [4.78, 5) is 0. The molecule has 4 aromatic rings. The van der Waals surface area contributed by atoms with E-state index in [0.717, 1.165) is 22.3 Å². The number of benzene rings is 4. The predicted molar refractivity (Wildman–Crippen MR) is 131 cm³/mol. The van der Waals surface area contributed by atoms with Gasteiger partial charge in [-0.05, 0) is 65.1 Å². The van der Waals surface area contributed by atoms with Crippen molar-refractivity contribution in [3.8, 4) is 28.7 Å². The van der Waals surface area contributed by atoms with Gasteiger partial charge in [0.05, 0.1) is 0 Å². The molecule has 0 bridgehead atoms. The molecule has 0 radical (unpaired) electrons. The lowest BCUT2D eigenvalue weighted by atomic mass is 9.79. The van der Waals surface area contributed by atoms with Crippen LogP contribution in [0.25, 0.3) is 11.6 Å². The van der Waals surface area contributed by atoms with Crippen molar-refractivity contribution in [3.63, 3.8) is 0 Å². The van der Waals surface area contributed by atoms with Crippen LogP contribution in [-0.4, -0.2) is 25.5 Å². The first-order valence-electron chi connectivity index (χ1n) is 11.0. The van der Waals surface area contributed by atoms with Crippen molar-refractivity contribution < 1.29 is 25.5 Å². The van der Waals surface area contributed by atoms with Crippen LogP contribution in [-0.2, 0) is 0 Å². The SMILES string of the molecule is Cc1ccc([C@H]2/C(=C\c3ccc(O)cc3)c3cc(O)cc(O)c3[C@@H]2c2cc(O)cc(O)c2)cc1. The van der Waals surface area contributed by atoms with Crippen molar-refractivity contribution in [2.75, 3.05) is 0 Å². The Labute approximate surface area is 197 Å². The summed E-state index contributed by atoms with van der Waals surface area (Å²) in [5.41, 5.74) is 5.73. The summed E-state index contributed by atoms with van der Waals surface area (Å²) >= 11 is 0. The number of allylic oxidation sites excluding steroid dienone is 1. The van der Waals surface area contributed by atoms with E-state index in [9.17, 15) is 25.5 Å². The maximum absolute atomic E-state index is 11.0. The summed E-state index contributed by atoms with van der Waals surface area (Å²) in [6.45, 7) is 2.01. The lowest BCUT2D eigenvalue weighted by Crippen LogP contribution is -2.08. The summed E-state index contributed by atoms with van der Waals surface area (Å²) in [5.74, 6) is -0.823. The van der Waals surface area contributed by atoms with Crippen molar-refractivity contribution in [1.29, 1.82) is 0 Å². The van der Waals surface area contributed by atoms with Gasteiger partial charge in [-0.2, -0.15) is 0 Å². The Morgan fingerprint density at radius 1 is 0.588 bits per heavy atom. The number of phenols is 5. The number of rotatable bonds is 3. The highest BCUT2D eigenvalue weighted by atomic mass is 16.3. The second kappa shape index (κ2) is 8.19. The Hall–Kier alpha value is -4.38. The maximum atomic E-state index is 11.0. The minimum atomic E-state index is -0.431. The Morgan fingerprint density at radius 3 is 1.85 bits per heavy atom. The molecule has 5 nitrogen and oxygen atoms in total. The highest BCUT2D eigenvalue weighted by Gasteiger charge is 2.41. The van der Waals surface area contributed by atoms with E-state index in [1.807, 2.05) is 37.3 Å². The molecule has 5 rings (SSSR count). The van der Waals surface area contributed by atoms with Gasteiger partial charge in [0.2, 0.25) is 0 Å². The van der Waals surface area contributed by atoms with Gasteiger partial charge in [0, 0.05) is 29.5 Å². The fourth-order valence-corrected chi connectivity index (χ4v) is 4.92. The monoisotopic (exact) mass is 452 g/mol. The summed E-state index contributed by atoms with van der Waals surface area (Å²) in [6.07, 6.45) is 1.98. The minimum Gasteiger partial charge on any atom is -0.508 e. The highest BCUT2D eigenvalue weighted by molar-refractivity contribution is 5.93. The Morgan fingerprint density at radius 2 is 1.21 bits per heavy atom. The lowest BCUT2D eigenvalue weighted by molar-refractivity contribution is 0.440. The normalized spacial score (nSPS) is 18.2. The zero-order valence-corrected chi connectivity index (χ0v) is 18.5. The van der Waals surface area contributed by atoms with Crippen LogP contribution < -0.4 is 0 Å². The first kappa shape index (κ1) is 21.5. The van der Waals surface area contributed by atoms with Crippen molar-refractivity contribution in [3.05, 3.63) is 112 Å². The maximum Gasteiger partial charge on any atom is 0.123 e. The van der Waals surface area contributed by atoms with Gasteiger partial charge in [-0.15, -0.1) is 0 Å². The molecule has 0 amide bonds. The second-order valence-corrected chi connectivity index (χ2v) is 8.77. The first-order chi connectivity index (χ1) is 16.3. The minimum absolute atomic E-state index is 0.0603. The summed E-state index contributed by atoms with van der Waals surface area (Å²) in [5, 5.41) is 51.5. The van der Waals surface area contributed by atoms with Crippen LogP contribution in [0.2, 0.25) is 0 Å². The zero-order chi connectivity index (χ0) is 24.0. The third-order valence-electron chi connectivity index (χ3n) is 6.37. The van der Waals surface area contributed by atoms with Gasteiger partial charge in [0.25, 0.3) is 0 Å². The molecule has 0 heterocycles. The van der Waals surface area contributed by atoms with Gasteiger partial charge in [-0.1, -0.05) is 48.0 Å². The quantitative estimate of drug-likeness (QED) is 0.263. The Bertz CT molecular complexity index is 1380. The molecule has 5 heteroatoms. The molecule has 1 aliphatic carbocycles. The van der Waals surface area contributed by atoms with E-state index < -0.39 is 5.92 Å². The smallest absolute Gasteiger partial charge is 0.123 e. The number of aryl methyl sites for hydroxylation is 1. The van der Waals surface area contributed by atoms with Gasteiger partial charge < -0.3 is 25.5 Å². The van der Waals surface area contributed by atoms with Gasteiger partial charge in [-0.3, -0.25) is 0 Å². The van der Waals surface area contributed by atoms with Crippen LogP contribution in [0.4, 0.5) is 0 Å². The fraction of sp³-hybridized carbons (Fsp3) is 0.103. The van der Waals surface area contributed by atoms with E-state index in [2.05, 4.69) is 0 Å². The molecular weight excluding hydrogens is 428 g/mol. The zero-order valence-electron chi connectivity index (χ0n) is 18.5. The van der Waals surface area contributed by atoms with Gasteiger partial charge in [-0.25, -0.2) is 0 Å². The second-order valence-electron chi connectivity index (χ2n) is 8.77. The summed E-state index contributed by atoms with van der Waals surface area (Å²) in [6, 6.07) is 22.3. The van der Waals surface area contributed by atoms with Crippen molar-refractivity contribution >= 4 is 11.6 Å². The van der Waals surface area contributed by atoms with Gasteiger partial charge >= 0.3 is 0 Å². The molecule has 0 spiro atoms. The molecule has 4 aromatic carbocycles. The summed E-state index contributed by atoms with van der Waals surface area (Å²) in [7, 11) is 0. The largest absolute Gasteiger partial charge is 0.508 e. The number of aromatic hydroxyl groups is 5. The molecule has 170 valence electrons. The van der Waals surface area contributed by atoms with Gasteiger partial charge in [0.1, 0.15) is 28.7 Å². The van der Waals surface area contributed by atoms with Crippen LogP contribution in [0.15, 0.2) is 78.9 Å². The number of hydrogen-bond acceptors (Lipinski definition) is 5. The molecule has 0 saturated carbocycles. The number of phenolic OH excluding ortho intramolecular Hbond substituents is 5. The molecule has 0 aromatic heterocycles. The molecule has 0 saturated heterocycles. The van der Waals surface area contributed by atoms with Crippen molar-refractivity contribution in [2.24, 2.45) is 0 Å². The number of fused-ring (bicyclic) bond motifs is 1.